The van der Waals surface area contributed by atoms with Crippen LogP contribution in [0.1, 0.15) is 32.6 Å². The van der Waals surface area contributed by atoms with E-state index in [1.807, 2.05) is 6.92 Å². The fourth-order valence-electron chi connectivity index (χ4n) is 2.56. The Bertz CT molecular complexity index is 596. The Kier molecular flexibility index (Phi) is 5.00. The molecule has 1 aliphatic rings. The van der Waals surface area contributed by atoms with Crippen LogP contribution in [0.5, 0.6) is 0 Å². The molecule has 0 bridgehead atoms. The van der Waals surface area contributed by atoms with E-state index in [1.165, 1.54) is 24.0 Å². The number of carbonyl (C=O) groups excluding carboxylic acids is 1. The molecule has 118 valence electrons. The Labute approximate surface area is 124 Å². The molecule has 2 rings (SSSR count). The lowest BCUT2D eigenvalue weighted by atomic mass is 9.91. The van der Waals surface area contributed by atoms with Crippen LogP contribution in [0.3, 0.4) is 0 Å². The third kappa shape index (κ3) is 4.04. The molecule has 1 saturated heterocycles. The highest BCUT2D eigenvalue weighted by molar-refractivity contribution is 7.90. The number of nitrogens with zero attached hydrogens (tertiary/aromatic N) is 2. The van der Waals surface area contributed by atoms with E-state index in [2.05, 4.69) is 9.82 Å². The van der Waals surface area contributed by atoms with Crippen LogP contribution >= 0.6 is 0 Å². The lowest BCUT2D eigenvalue weighted by Crippen LogP contribution is -2.35. The lowest BCUT2D eigenvalue weighted by molar-refractivity contribution is -0.121. The van der Waals surface area contributed by atoms with Gasteiger partial charge in [-0.25, -0.2) is 4.72 Å². The molecule has 1 aliphatic heterocycles. The Hall–Kier alpha value is -1.41. The third-order valence-electron chi connectivity index (χ3n) is 3.70. The van der Waals surface area contributed by atoms with Crippen LogP contribution < -0.4 is 4.72 Å². The monoisotopic (exact) mass is 315 g/mol. The van der Waals surface area contributed by atoms with Crippen LogP contribution in [-0.4, -0.2) is 36.8 Å². The lowest BCUT2D eigenvalue weighted by Gasteiger charge is -2.28. The van der Waals surface area contributed by atoms with Gasteiger partial charge in [0, 0.05) is 20.1 Å². The van der Waals surface area contributed by atoms with E-state index >= 15 is 0 Å². The fourth-order valence-corrected chi connectivity index (χ4v) is 3.68. The molecule has 2 heterocycles. The molecule has 2 atom stereocenters. The summed E-state index contributed by atoms with van der Waals surface area (Å²) in [5.74, 6) is -0.302. The first-order valence-electron chi connectivity index (χ1n) is 7.07. The Morgan fingerprint density at radius 3 is 2.95 bits per heavy atom. The average molecular weight is 315 g/mol. The second-order valence-electron chi connectivity index (χ2n) is 5.32. The number of aromatic nitrogens is 2. The second kappa shape index (κ2) is 6.57. The largest absolute Gasteiger partial charge is 0.378 e. The normalized spacial score (nSPS) is 23.0. The minimum absolute atomic E-state index is 0.0192. The molecule has 1 aromatic heterocycles. The van der Waals surface area contributed by atoms with Crippen molar-refractivity contribution in [2.24, 2.45) is 13.0 Å². The highest BCUT2D eigenvalue weighted by Crippen LogP contribution is 2.24. The minimum Gasteiger partial charge on any atom is -0.378 e. The molecule has 0 spiro atoms. The van der Waals surface area contributed by atoms with Crippen LogP contribution in [0.15, 0.2) is 17.3 Å². The molecule has 1 aromatic rings. The summed E-state index contributed by atoms with van der Waals surface area (Å²) < 4.78 is 33.0. The van der Waals surface area contributed by atoms with E-state index in [1.54, 1.807) is 0 Å². The summed E-state index contributed by atoms with van der Waals surface area (Å²) in [6, 6.07) is 1.36. The number of aryl methyl sites for hydroxylation is 1. The number of ether oxygens (including phenoxy) is 1. The molecule has 21 heavy (non-hydrogen) atoms. The molecule has 1 N–H and O–H groups in total. The quantitative estimate of drug-likeness (QED) is 0.869. The molecule has 7 nitrogen and oxygen atoms in total. The van der Waals surface area contributed by atoms with Crippen molar-refractivity contribution in [2.45, 2.75) is 43.7 Å². The van der Waals surface area contributed by atoms with Gasteiger partial charge in [-0.1, -0.05) is 6.92 Å². The molecule has 8 heteroatoms. The van der Waals surface area contributed by atoms with Gasteiger partial charge in [0.25, 0.3) is 10.0 Å². The molecule has 1 amide bonds. The maximum atomic E-state index is 12.1. The summed E-state index contributed by atoms with van der Waals surface area (Å²) >= 11 is 0. The standard InChI is InChI=1S/C13H21N3O4S/c1-3-11-8-10(5-7-20-11)9-12(17)15-21(18,19)13-4-6-14-16(13)2/h4,6,10-11H,3,5,7-9H2,1-2H3,(H,15,17). The molecule has 0 aliphatic carbocycles. The first-order chi connectivity index (χ1) is 9.92. The predicted molar refractivity (Wildman–Crippen MR) is 75.9 cm³/mol. The van der Waals surface area contributed by atoms with Crippen LogP contribution in [0, 0.1) is 5.92 Å². The van der Waals surface area contributed by atoms with Gasteiger partial charge in [0.05, 0.1) is 12.3 Å². The van der Waals surface area contributed by atoms with Gasteiger partial charge in [-0.2, -0.15) is 13.5 Å². The summed E-state index contributed by atoms with van der Waals surface area (Å²) in [7, 11) is -2.33. The summed E-state index contributed by atoms with van der Waals surface area (Å²) in [6.45, 7) is 2.67. The third-order valence-corrected chi connectivity index (χ3v) is 5.15. The zero-order chi connectivity index (χ0) is 15.5. The molecule has 0 aromatic carbocycles. The number of carbonyl (C=O) groups is 1. The van der Waals surface area contributed by atoms with E-state index in [9.17, 15) is 13.2 Å². The maximum Gasteiger partial charge on any atom is 0.281 e. The van der Waals surface area contributed by atoms with Crippen molar-refractivity contribution >= 4 is 15.9 Å². The number of hydrogen-bond acceptors (Lipinski definition) is 5. The van der Waals surface area contributed by atoms with Gasteiger partial charge in [-0.15, -0.1) is 0 Å². The predicted octanol–water partition coefficient (Wildman–Crippen LogP) is 0.820. The SMILES string of the molecule is CCC1CC(CC(=O)NS(=O)(=O)c2ccnn2C)CCO1. The van der Waals surface area contributed by atoms with Gasteiger partial charge in [-0.3, -0.25) is 9.48 Å². The summed E-state index contributed by atoms with van der Waals surface area (Å²) in [6.07, 6.45) is 4.25. The van der Waals surface area contributed by atoms with Crippen molar-refractivity contribution in [1.29, 1.82) is 0 Å². The smallest absolute Gasteiger partial charge is 0.281 e. The molecule has 2 unspecified atom stereocenters. The minimum atomic E-state index is -3.85. The zero-order valence-electron chi connectivity index (χ0n) is 12.3. The molecule has 1 fully saturated rings. The zero-order valence-corrected chi connectivity index (χ0v) is 13.1. The van der Waals surface area contributed by atoms with E-state index in [-0.39, 0.29) is 23.5 Å². The van der Waals surface area contributed by atoms with Gasteiger partial charge >= 0.3 is 0 Å². The Morgan fingerprint density at radius 1 is 1.57 bits per heavy atom. The van der Waals surface area contributed by atoms with Crippen LogP contribution in [0.2, 0.25) is 0 Å². The van der Waals surface area contributed by atoms with Crippen molar-refractivity contribution in [2.75, 3.05) is 6.61 Å². The summed E-state index contributed by atoms with van der Waals surface area (Å²) in [5, 5.41) is 3.78. The van der Waals surface area contributed by atoms with E-state index < -0.39 is 15.9 Å². The van der Waals surface area contributed by atoms with Crippen molar-refractivity contribution in [3.63, 3.8) is 0 Å². The Balaban J connectivity index is 1.94. The number of sulfonamides is 1. The number of hydrogen-bond donors (Lipinski definition) is 1. The molecule has 0 radical (unpaired) electrons. The van der Waals surface area contributed by atoms with Crippen molar-refractivity contribution in [3.05, 3.63) is 12.3 Å². The number of nitrogens with one attached hydrogen (secondary N) is 1. The second-order valence-corrected chi connectivity index (χ2v) is 6.95. The molecule has 0 saturated carbocycles. The van der Waals surface area contributed by atoms with Crippen LogP contribution in [0.25, 0.3) is 0 Å². The fraction of sp³-hybridized carbons (Fsp3) is 0.692. The molecular formula is C13H21N3O4S. The highest BCUT2D eigenvalue weighted by atomic mass is 32.2. The van der Waals surface area contributed by atoms with Crippen LogP contribution in [0.4, 0.5) is 0 Å². The topological polar surface area (TPSA) is 90.3 Å². The summed E-state index contributed by atoms with van der Waals surface area (Å²) in [5.41, 5.74) is 0. The number of amides is 1. The van der Waals surface area contributed by atoms with Gasteiger partial charge in [0.15, 0.2) is 5.03 Å². The van der Waals surface area contributed by atoms with Crippen molar-refractivity contribution in [1.82, 2.24) is 14.5 Å². The van der Waals surface area contributed by atoms with E-state index in [0.717, 1.165) is 19.3 Å². The first kappa shape index (κ1) is 16.0. The van der Waals surface area contributed by atoms with Gasteiger partial charge in [-0.05, 0) is 31.2 Å². The van der Waals surface area contributed by atoms with Gasteiger partial charge < -0.3 is 4.74 Å². The summed E-state index contributed by atoms with van der Waals surface area (Å²) in [4.78, 5) is 12.0. The highest BCUT2D eigenvalue weighted by Gasteiger charge is 2.26. The van der Waals surface area contributed by atoms with E-state index in [4.69, 9.17) is 4.74 Å². The average Bonchev–Trinajstić information content (AvgIpc) is 2.85. The molecular weight excluding hydrogens is 294 g/mol. The number of rotatable bonds is 5. The van der Waals surface area contributed by atoms with Gasteiger partial charge in [0.1, 0.15) is 0 Å². The maximum absolute atomic E-state index is 12.1. The van der Waals surface area contributed by atoms with E-state index in [0.29, 0.717) is 6.61 Å². The first-order valence-corrected chi connectivity index (χ1v) is 8.56. The van der Waals surface area contributed by atoms with Crippen molar-refractivity contribution < 1.29 is 17.9 Å². The van der Waals surface area contributed by atoms with Crippen molar-refractivity contribution in [3.8, 4) is 0 Å². The Morgan fingerprint density at radius 2 is 2.33 bits per heavy atom. The van der Waals surface area contributed by atoms with Gasteiger partial charge in [0.2, 0.25) is 5.91 Å². The van der Waals surface area contributed by atoms with Crippen LogP contribution in [-0.2, 0) is 26.6 Å².